The molecule has 0 aliphatic rings. The largest absolute Gasteiger partial charge is 0.339 e. The van der Waals surface area contributed by atoms with E-state index in [0.29, 0.717) is 0 Å². The van der Waals surface area contributed by atoms with Crippen molar-refractivity contribution >= 4 is 5.91 Å². The summed E-state index contributed by atoms with van der Waals surface area (Å²) in [5.74, 6) is 0.118. The number of nitrogens with two attached hydrogens (primary N) is 1. The first-order chi connectivity index (χ1) is 7.54. The zero-order valence-electron chi connectivity index (χ0n) is 11.3. The van der Waals surface area contributed by atoms with E-state index in [1.54, 1.807) is 0 Å². The molecule has 1 amide bonds. The Bertz CT molecular complexity index is 192. The third-order valence-corrected chi connectivity index (χ3v) is 2.83. The second-order valence-electron chi connectivity index (χ2n) is 4.73. The summed E-state index contributed by atoms with van der Waals surface area (Å²) in [4.78, 5) is 14.0. The normalized spacial score (nSPS) is 12.9. The van der Waals surface area contributed by atoms with Crippen molar-refractivity contribution < 1.29 is 4.79 Å². The van der Waals surface area contributed by atoms with Gasteiger partial charge in [0.1, 0.15) is 0 Å². The molecule has 1 atom stereocenters. The Labute approximate surface area is 100 Å². The van der Waals surface area contributed by atoms with Gasteiger partial charge in [0, 0.05) is 12.6 Å². The summed E-state index contributed by atoms with van der Waals surface area (Å²) in [7, 11) is 0. The van der Waals surface area contributed by atoms with Gasteiger partial charge >= 0.3 is 0 Å². The molecule has 96 valence electrons. The van der Waals surface area contributed by atoms with E-state index in [-0.39, 0.29) is 18.0 Å². The van der Waals surface area contributed by atoms with Crippen LogP contribution in [0.2, 0.25) is 0 Å². The molecule has 0 bridgehead atoms. The van der Waals surface area contributed by atoms with E-state index in [1.165, 1.54) is 12.8 Å². The van der Waals surface area contributed by atoms with E-state index in [1.807, 2.05) is 4.90 Å². The molecule has 0 aliphatic carbocycles. The lowest BCUT2D eigenvalue weighted by molar-refractivity contribution is -0.134. The van der Waals surface area contributed by atoms with Crippen molar-refractivity contribution in [2.75, 3.05) is 6.54 Å². The summed E-state index contributed by atoms with van der Waals surface area (Å²) in [6, 6.07) is -0.0544. The van der Waals surface area contributed by atoms with Crippen LogP contribution in [-0.2, 0) is 4.79 Å². The predicted molar refractivity (Wildman–Crippen MR) is 69.3 cm³/mol. The van der Waals surface area contributed by atoms with Crippen LogP contribution in [0.1, 0.15) is 59.8 Å². The van der Waals surface area contributed by atoms with E-state index in [0.717, 1.165) is 25.8 Å². The van der Waals surface area contributed by atoms with Crippen molar-refractivity contribution in [3.05, 3.63) is 0 Å². The van der Waals surface area contributed by atoms with Gasteiger partial charge < -0.3 is 10.6 Å². The average molecular weight is 228 g/mol. The number of amides is 1. The van der Waals surface area contributed by atoms with Crippen LogP contribution in [0.3, 0.4) is 0 Å². The van der Waals surface area contributed by atoms with Gasteiger partial charge in [0.05, 0.1) is 6.04 Å². The van der Waals surface area contributed by atoms with Gasteiger partial charge in [-0.25, -0.2) is 0 Å². The molecular formula is C13H28N2O. The van der Waals surface area contributed by atoms with E-state index < -0.39 is 0 Å². The minimum absolute atomic E-state index is 0.118. The Kier molecular flexibility index (Phi) is 8.26. The molecule has 0 fully saturated rings. The molecule has 0 aromatic heterocycles. The van der Waals surface area contributed by atoms with Gasteiger partial charge in [0.15, 0.2) is 0 Å². The number of carbonyl (C=O) groups is 1. The Morgan fingerprint density at radius 2 is 1.81 bits per heavy atom. The molecule has 2 N–H and O–H groups in total. The SMILES string of the molecule is CCCCCN(C(=O)[C@@H](N)CCC)C(C)C. The lowest BCUT2D eigenvalue weighted by Crippen LogP contribution is -2.47. The van der Waals surface area contributed by atoms with Crippen LogP contribution in [0.5, 0.6) is 0 Å². The maximum Gasteiger partial charge on any atom is 0.239 e. The van der Waals surface area contributed by atoms with Gasteiger partial charge in [0.25, 0.3) is 0 Å². The number of nitrogens with zero attached hydrogens (tertiary/aromatic N) is 1. The number of hydrogen-bond acceptors (Lipinski definition) is 2. The third-order valence-electron chi connectivity index (χ3n) is 2.83. The summed E-state index contributed by atoms with van der Waals surface area (Å²) < 4.78 is 0. The van der Waals surface area contributed by atoms with Crippen LogP contribution < -0.4 is 5.73 Å². The van der Waals surface area contributed by atoms with Crippen molar-refractivity contribution in [2.24, 2.45) is 5.73 Å². The lowest BCUT2D eigenvalue weighted by Gasteiger charge is -2.29. The van der Waals surface area contributed by atoms with Crippen LogP contribution in [0.15, 0.2) is 0 Å². The first-order valence-electron chi connectivity index (χ1n) is 6.60. The number of unbranched alkanes of at least 4 members (excludes halogenated alkanes) is 2. The lowest BCUT2D eigenvalue weighted by atomic mass is 10.1. The third kappa shape index (κ3) is 5.50. The van der Waals surface area contributed by atoms with Crippen molar-refractivity contribution in [1.29, 1.82) is 0 Å². The highest BCUT2D eigenvalue weighted by atomic mass is 16.2. The van der Waals surface area contributed by atoms with E-state index in [9.17, 15) is 4.79 Å². The molecule has 0 unspecified atom stereocenters. The van der Waals surface area contributed by atoms with Crippen LogP contribution in [0.4, 0.5) is 0 Å². The molecule has 0 aromatic rings. The molecule has 0 radical (unpaired) electrons. The Hall–Kier alpha value is -0.570. The van der Waals surface area contributed by atoms with Crippen LogP contribution in [-0.4, -0.2) is 29.4 Å². The van der Waals surface area contributed by atoms with E-state index in [4.69, 9.17) is 5.73 Å². The molecule has 0 rings (SSSR count). The zero-order valence-corrected chi connectivity index (χ0v) is 11.3. The highest BCUT2D eigenvalue weighted by Crippen LogP contribution is 2.07. The molecule has 3 nitrogen and oxygen atoms in total. The van der Waals surface area contributed by atoms with Gasteiger partial charge in [-0.15, -0.1) is 0 Å². The summed E-state index contributed by atoms with van der Waals surface area (Å²) in [5, 5.41) is 0. The average Bonchev–Trinajstić information content (AvgIpc) is 2.23. The number of hydrogen-bond donors (Lipinski definition) is 1. The second kappa shape index (κ2) is 8.57. The van der Waals surface area contributed by atoms with Gasteiger partial charge in [-0.1, -0.05) is 33.1 Å². The van der Waals surface area contributed by atoms with Crippen LogP contribution in [0, 0.1) is 0 Å². The summed E-state index contributed by atoms with van der Waals surface area (Å²) >= 11 is 0. The molecule has 16 heavy (non-hydrogen) atoms. The maximum atomic E-state index is 12.1. The summed E-state index contributed by atoms with van der Waals surface area (Å²) in [6.07, 6.45) is 5.20. The van der Waals surface area contributed by atoms with Crippen LogP contribution >= 0.6 is 0 Å². The van der Waals surface area contributed by atoms with E-state index >= 15 is 0 Å². The van der Waals surface area contributed by atoms with Crippen LogP contribution in [0.25, 0.3) is 0 Å². The van der Waals surface area contributed by atoms with Crippen molar-refractivity contribution in [2.45, 2.75) is 71.9 Å². The number of rotatable bonds is 8. The molecule has 0 spiro atoms. The highest BCUT2D eigenvalue weighted by Gasteiger charge is 2.21. The summed E-state index contributed by atoms with van der Waals surface area (Å²) in [5.41, 5.74) is 5.88. The maximum absolute atomic E-state index is 12.1. The monoisotopic (exact) mass is 228 g/mol. The molecule has 0 heterocycles. The fourth-order valence-electron chi connectivity index (χ4n) is 1.80. The molecule has 3 heteroatoms. The summed E-state index contributed by atoms with van der Waals surface area (Å²) in [6.45, 7) is 9.20. The smallest absolute Gasteiger partial charge is 0.239 e. The topological polar surface area (TPSA) is 46.3 Å². The molecule has 0 saturated heterocycles. The second-order valence-corrected chi connectivity index (χ2v) is 4.73. The molecule has 0 aliphatic heterocycles. The quantitative estimate of drug-likeness (QED) is 0.649. The first-order valence-corrected chi connectivity index (χ1v) is 6.60. The van der Waals surface area contributed by atoms with Gasteiger partial charge in [-0.05, 0) is 26.7 Å². The fraction of sp³-hybridized carbons (Fsp3) is 0.923. The Balaban J connectivity index is 4.23. The molecule has 0 aromatic carbocycles. The van der Waals surface area contributed by atoms with Gasteiger partial charge in [-0.2, -0.15) is 0 Å². The minimum Gasteiger partial charge on any atom is -0.339 e. The minimum atomic E-state index is -0.311. The van der Waals surface area contributed by atoms with Crippen molar-refractivity contribution in [3.63, 3.8) is 0 Å². The van der Waals surface area contributed by atoms with Gasteiger partial charge in [0.2, 0.25) is 5.91 Å². The van der Waals surface area contributed by atoms with Crippen molar-refractivity contribution in [3.8, 4) is 0 Å². The van der Waals surface area contributed by atoms with Gasteiger partial charge in [-0.3, -0.25) is 4.79 Å². The standard InChI is InChI=1S/C13H28N2O/c1-5-7-8-10-15(11(3)4)13(16)12(14)9-6-2/h11-12H,5-10,14H2,1-4H3/t12-/m0/s1. The fourth-order valence-corrected chi connectivity index (χ4v) is 1.80. The Morgan fingerprint density at radius 3 is 2.25 bits per heavy atom. The molecule has 0 saturated carbocycles. The highest BCUT2D eigenvalue weighted by molar-refractivity contribution is 5.81. The zero-order chi connectivity index (χ0) is 12.6. The van der Waals surface area contributed by atoms with E-state index in [2.05, 4.69) is 27.7 Å². The molecular weight excluding hydrogens is 200 g/mol. The first kappa shape index (κ1) is 15.4. The number of carbonyl (C=O) groups excluding carboxylic acids is 1. The predicted octanol–water partition coefficient (Wildman–Crippen LogP) is 2.54. The van der Waals surface area contributed by atoms with Crippen molar-refractivity contribution in [1.82, 2.24) is 4.90 Å². The Morgan fingerprint density at radius 1 is 1.19 bits per heavy atom.